The normalized spacial score (nSPS) is 40.7. The molecule has 1 aliphatic heterocycles. The topological polar surface area (TPSA) is 52.3 Å². The molecule has 0 spiro atoms. The quantitative estimate of drug-likeness (QED) is 0.565. The second-order valence-corrected chi connectivity index (χ2v) is 2.91. The molecular formula is C7H13NO2. The number of nitrogens with two attached hydrogens (primary N) is 1. The lowest BCUT2D eigenvalue weighted by Gasteiger charge is -2.21. The molecule has 0 aromatic heterocycles. The van der Waals surface area contributed by atoms with Gasteiger partial charge in [0.25, 0.3) is 0 Å². The minimum Gasteiger partial charge on any atom is -0.368 e. The first-order valence-corrected chi connectivity index (χ1v) is 3.52. The van der Waals surface area contributed by atoms with Gasteiger partial charge in [-0.15, -0.1) is 0 Å². The number of carbonyl (C=O) groups is 1. The predicted octanol–water partition coefficient (Wildman–Crippen LogP) is 0.0817. The predicted molar refractivity (Wildman–Crippen MR) is 37.6 cm³/mol. The zero-order chi connectivity index (χ0) is 7.78. The fourth-order valence-electron chi connectivity index (χ4n) is 1.23. The van der Waals surface area contributed by atoms with Crippen LogP contribution in [0.4, 0.5) is 0 Å². The highest BCUT2D eigenvalue weighted by Crippen LogP contribution is 2.21. The van der Waals surface area contributed by atoms with Gasteiger partial charge in [0.05, 0.1) is 6.10 Å². The number of ketones is 1. The van der Waals surface area contributed by atoms with Gasteiger partial charge in [-0.25, -0.2) is 0 Å². The average Bonchev–Trinajstić information content (AvgIpc) is 2.10. The van der Waals surface area contributed by atoms with Gasteiger partial charge in [-0.3, -0.25) is 4.79 Å². The first-order valence-electron chi connectivity index (χ1n) is 3.52. The Labute approximate surface area is 60.5 Å². The third-order valence-electron chi connectivity index (χ3n) is 2.06. The van der Waals surface area contributed by atoms with Gasteiger partial charge in [0.2, 0.25) is 0 Å². The summed E-state index contributed by atoms with van der Waals surface area (Å²) in [4.78, 5) is 11.0. The summed E-state index contributed by atoms with van der Waals surface area (Å²) >= 11 is 0. The number of carbonyl (C=O) groups excluding carboxylic acids is 1. The lowest BCUT2D eigenvalue weighted by molar-refractivity contribution is -0.121. The summed E-state index contributed by atoms with van der Waals surface area (Å²) in [5.41, 5.74) is 4.96. The second-order valence-electron chi connectivity index (χ2n) is 2.91. The van der Waals surface area contributed by atoms with Crippen molar-refractivity contribution in [3.05, 3.63) is 0 Å². The number of hydrogen-bond donors (Lipinski definition) is 1. The first kappa shape index (κ1) is 7.69. The molecule has 0 aromatic rings. The molecule has 3 heteroatoms. The van der Waals surface area contributed by atoms with Crippen LogP contribution in [-0.4, -0.2) is 24.0 Å². The van der Waals surface area contributed by atoms with E-state index < -0.39 is 5.54 Å². The Kier molecular flexibility index (Phi) is 1.79. The van der Waals surface area contributed by atoms with Crippen LogP contribution in [0.3, 0.4) is 0 Å². The van der Waals surface area contributed by atoms with E-state index in [1.807, 2.05) is 6.92 Å². The van der Waals surface area contributed by atoms with E-state index in [1.165, 1.54) is 0 Å². The van der Waals surface area contributed by atoms with Gasteiger partial charge in [0.1, 0.15) is 12.1 Å². The molecule has 1 saturated heterocycles. The van der Waals surface area contributed by atoms with Crippen LogP contribution >= 0.6 is 0 Å². The minimum absolute atomic E-state index is 0.0133. The standard InChI is InChI=1S/C7H13NO2/c1-3-6-7(2,8)5(9)4-10-6/h6H,3-4,8H2,1-2H3. The molecule has 0 aromatic carbocycles. The molecule has 0 saturated carbocycles. The number of hydrogen-bond acceptors (Lipinski definition) is 3. The maximum atomic E-state index is 11.0. The highest BCUT2D eigenvalue weighted by molar-refractivity contribution is 5.91. The van der Waals surface area contributed by atoms with E-state index in [9.17, 15) is 4.79 Å². The van der Waals surface area contributed by atoms with Crippen LogP contribution in [0.5, 0.6) is 0 Å². The second kappa shape index (κ2) is 2.32. The Bertz CT molecular complexity index is 154. The molecule has 3 nitrogen and oxygen atoms in total. The molecule has 1 heterocycles. The van der Waals surface area contributed by atoms with Crippen LogP contribution in [0.15, 0.2) is 0 Å². The largest absolute Gasteiger partial charge is 0.368 e. The van der Waals surface area contributed by atoms with Gasteiger partial charge in [0, 0.05) is 0 Å². The van der Waals surface area contributed by atoms with Crippen molar-refractivity contribution in [2.45, 2.75) is 31.9 Å². The lowest BCUT2D eigenvalue weighted by Crippen LogP contribution is -2.49. The van der Waals surface area contributed by atoms with E-state index >= 15 is 0 Å². The summed E-state index contributed by atoms with van der Waals surface area (Å²) < 4.78 is 5.16. The highest BCUT2D eigenvalue weighted by Gasteiger charge is 2.42. The molecule has 1 aliphatic rings. The molecule has 58 valence electrons. The third kappa shape index (κ3) is 0.954. The van der Waals surface area contributed by atoms with Crippen molar-refractivity contribution in [2.75, 3.05) is 6.61 Å². The van der Waals surface area contributed by atoms with E-state index in [2.05, 4.69) is 0 Å². The molecule has 1 rings (SSSR count). The number of Topliss-reactive ketones (excluding diaryl/α,β-unsaturated/α-hetero) is 1. The van der Waals surface area contributed by atoms with Gasteiger partial charge in [-0.2, -0.15) is 0 Å². The Morgan fingerprint density at radius 2 is 2.50 bits per heavy atom. The maximum absolute atomic E-state index is 11.0. The van der Waals surface area contributed by atoms with E-state index in [-0.39, 0.29) is 18.5 Å². The molecular weight excluding hydrogens is 130 g/mol. The maximum Gasteiger partial charge on any atom is 0.180 e. The molecule has 2 N–H and O–H groups in total. The zero-order valence-corrected chi connectivity index (χ0v) is 6.39. The van der Waals surface area contributed by atoms with Crippen LogP contribution in [0.1, 0.15) is 20.3 Å². The van der Waals surface area contributed by atoms with Gasteiger partial charge in [-0.1, -0.05) is 6.92 Å². The average molecular weight is 143 g/mol. The van der Waals surface area contributed by atoms with E-state index in [4.69, 9.17) is 10.5 Å². The molecule has 0 radical (unpaired) electrons. The van der Waals surface area contributed by atoms with Crippen molar-refractivity contribution in [3.8, 4) is 0 Å². The van der Waals surface area contributed by atoms with Gasteiger partial charge >= 0.3 is 0 Å². The Balaban J connectivity index is 2.73. The van der Waals surface area contributed by atoms with E-state index in [0.29, 0.717) is 0 Å². The first-order chi connectivity index (χ1) is 4.59. The molecule has 0 bridgehead atoms. The minimum atomic E-state index is -0.741. The Morgan fingerprint density at radius 1 is 1.90 bits per heavy atom. The van der Waals surface area contributed by atoms with Crippen molar-refractivity contribution in [2.24, 2.45) is 5.73 Å². The molecule has 2 unspecified atom stereocenters. The van der Waals surface area contributed by atoms with Crippen molar-refractivity contribution in [1.82, 2.24) is 0 Å². The smallest absolute Gasteiger partial charge is 0.180 e. The van der Waals surface area contributed by atoms with Crippen molar-refractivity contribution in [1.29, 1.82) is 0 Å². The van der Waals surface area contributed by atoms with Crippen LogP contribution in [0.2, 0.25) is 0 Å². The van der Waals surface area contributed by atoms with Crippen molar-refractivity contribution < 1.29 is 9.53 Å². The monoisotopic (exact) mass is 143 g/mol. The summed E-state index contributed by atoms with van der Waals surface area (Å²) in [5.74, 6) is 0.0133. The third-order valence-corrected chi connectivity index (χ3v) is 2.06. The van der Waals surface area contributed by atoms with Crippen molar-refractivity contribution in [3.63, 3.8) is 0 Å². The lowest BCUT2D eigenvalue weighted by atomic mass is 9.92. The molecule has 1 fully saturated rings. The number of rotatable bonds is 1. The Hall–Kier alpha value is -0.410. The number of ether oxygens (including phenoxy) is 1. The van der Waals surface area contributed by atoms with Crippen LogP contribution < -0.4 is 5.73 Å². The molecule has 10 heavy (non-hydrogen) atoms. The van der Waals surface area contributed by atoms with Crippen LogP contribution in [-0.2, 0) is 9.53 Å². The zero-order valence-electron chi connectivity index (χ0n) is 6.39. The fourth-order valence-corrected chi connectivity index (χ4v) is 1.23. The van der Waals surface area contributed by atoms with Crippen LogP contribution in [0, 0.1) is 0 Å². The van der Waals surface area contributed by atoms with E-state index in [0.717, 1.165) is 6.42 Å². The van der Waals surface area contributed by atoms with Crippen LogP contribution in [0.25, 0.3) is 0 Å². The summed E-state index contributed by atoms with van der Waals surface area (Å²) in [6, 6.07) is 0. The van der Waals surface area contributed by atoms with E-state index in [1.54, 1.807) is 6.92 Å². The molecule has 0 amide bonds. The van der Waals surface area contributed by atoms with Gasteiger partial charge in [0.15, 0.2) is 5.78 Å². The summed E-state index contributed by atoms with van der Waals surface area (Å²) in [5, 5.41) is 0. The Morgan fingerprint density at radius 3 is 2.70 bits per heavy atom. The van der Waals surface area contributed by atoms with Gasteiger partial charge < -0.3 is 10.5 Å². The molecule has 2 atom stereocenters. The SMILES string of the molecule is CCC1OCC(=O)C1(C)N. The summed E-state index contributed by atoms with van der Waals surface area (Å²) in [6.45, 7) is 3.89. The highest BCUT2D eigenvalue weighted by atomic mass is 16.5. The van der Waals surface area contributed by atoms with Gasteiger partial charge in [-0.05, 0) is 13.3 Å². The summed E-state index contributed by atoms with van der Waals surface area (Å²) in [7, 11) is 0. The van der Waals surface area contributed by atoms with Crippen molar-refractivity contribution >= 4 is 5.78 Å². The molecule has 0 aliphatic carbocycles. The fraction of sp³-hybridized carbons (Fsp3) is 0.857. The summed E-state index contributed by atoms with van der Waals surface area (Å²) in [6.07, 6.45) is 0.721.